The lowest BCUT2D eigenvalue weighted by Gasteiger charge is -2.28. The number of sulfone groups is 1. The summed E-state index contributed by atoms with van der Waals surface area (Å²) < 4.78 is 24.3. The van der Waals surface area contributed by atoms with Gasteiger partial charge in [0.25, 0.3) is 5.56 Å². The number of nitrogens with one attached hydrogen (secondary N) is 1. The van der Waals surface area contributed by atoms with E-state index in [4.69, 9.17) is 0 Å². The molecule has 1 amide bonds. The highest BCUT2D eigenvalue weighted by Gasteiger charge is 2.30. The third-order valence-corrected chi connectivity index (χ3v) is 6.93. The van der Waals surface area contributed by atoms with Crippen LogP contribution in [0.1, 0.15) is 25.7 Å². The Bertz CT molecular complexity index is 1080. The van der Waals surface area contributed by atoms with Crippen molar-refractivity contribution in [3.05, 3.63) is 46.1 Å². The average Bonchev–Trinajstić information content (AvgIpc) is 3.03. The summed E-state index contributed by atoms with van der Waals surface area (Å²) in [5.41, 5.74) is 0.451. The molecule has 1 saturated carbocycles. The molecule has 1 N–H and O–H groups in total. The van der Waals surface area contributed by atoms with Crippen LogP contribution in [0.25, 0.3) is 10.9 Å². The predicted octanol–water partition coefficient (Wildman–Crippen LogP) is 1.02. The fourth-order valence-corrected chi connectivity index (χ4v) is 5.20. The van der Waals surface area contributed by atoms with E-state index in [1.165, 1.54) is 10.8 Å². The van der Waals surface area contributed by atoms with Crippen LogP contribution in [0.3, 0.4) is 0 Å². The summed E-state index contributed by atoms with van der Waals surface area (Å²) in [5, 5.41) is 12.7. The summed E-state index contributed by atoms with van der Waals surface area (Å²) in [6.45, 7) is 0.495. The normalized spacial score (nSPS) is 26.4. The van der Waals surface area contributed by atoms with Crippen LogP contribution in [0.15, 0.2) is 40.5 Å². The van der Waals surface area contributed by atoms with Crippen LogP contribution >= 0.6 is 0 Å². The number of fused-ring (bicyclic) bond motifs is 1. The molecule has 1 atom stereocenters. The van der Waals surface area contributed by atoms with Crippen molar-refractivity contribution in [3.8, 4) is 0 Å². The van der Waals surface area contributed by atoms with Gasteiger partial charge in [0.15, 0.2) is 9.84 Å². The Morgan fingerprint density at radius 3 is 2.64 bits per heavy atom. The molecule has 9 heteroatoms. The minimum absolute atomic E-state index is 0.0579. The van der Waals surface area contributed by atoms with E-state index < -0.39 is 15.9 Å². The fourth-order valence-electron chi connectivity index (χ4n) is 3.96. The second-order valence-electron chi connectivity index (χ2n) is 7.58. The van der Waals surface area contributed by atoms with Crippen LogP contribution in [-0.4, -0.2) is 41.1 Å². The van der Waals surface area contributed by atoms with Gasteiger partial charge in [-0.25, -0.2) is 13.1 Å². The van der Waals surface area contributed by atoms with Crippen LogP contribution < -0.4 is 10.9 Å². The summed E-state index contributed by atoms with van der Waals surface area (Å²) in [7, 11) is -3.18. The van der Waals surface area contributed by atoms with E-state index >= 15 is 0 Å². The molecule has 1 fully saturated rings. The van der Waals surface area contributed by atoms with Gasteiger partial charge in [-0.2, -0.15) is 0 Å². The molecule has 0 bridgehead atoms. The molecular weight excluding hydrogens is 380 g/mol. The molecule has 0 saturated heterocycles. The molecule has 4 rings (SSSR count). The summed E-state index contributed by atoms with van der Waals surface area (Å²) >= 11 is 0. The lowest BCUT2D eigenvalue weighted by Crippen LogP contribution is -2.41. The smallest absolute Gasteiger partial charge is 0.277 e. The van der Waals surface area contributed by atoms with Crippen LogP contribution in [0.4, 0.5) is 0 Å². The number of rotatable bonds is 4. The number of benzene rings is 1. The topological polar surface area (TPSA) is 111 Å². The Morgan fingerprint density at radius 2 is 1.93 bits per heavy atom. The molecule has 0 spiro atoms. The van der Waals surface area contributed by atoms with Crippen molar-refractivity contribution >= 4 is 26.6 Å². The Hall–Kier alpha value is -2.55. The van der Waals surface area contributed by atoms with E-state index in [1.807, 2.05) is 12.1 Å². The van der Waals surface area contributed by atoms with Crippen LogP contribution in [-0.2, 0) is 21.2 Å². The zero-order chi connectivity index (χ0) is 19.7. The summed E-state index contributed by atoms with van der Waals surface area (Å²) in [6, 6.07) is 6.72. The second kappa shape index (κ2) is 7.46. The van der Waals surface area contributed by atoms with Crippen LogP contribution in [0, 0.1) is 11.8 Å². The minimum atomic E-state index is -3.18. The van der Waals surface area contributed by atoms with Crippen molar-refractivity contribution in [2.75, 3.05) is 5.75 Å². The van der Waals surface area contributed by atoms with Gasteiger partial charge >= 0.3 is 0 Å². The number of hydrogen-bond donors (Lipinski definition) is 1. The molecule has 2 aromatic rings. The first-order valence-corrected chi connectivity index (χ1v) is 11.2. The first-order valence-electron chi connectivity index (χ1n) is 9.45. The highest BCUT2D eigenvalue weighted by Crippen LogP contribution is 2.30. The number of hydrogen-bond acceptors (Lipinski definition) is 6. The molecule has 2 aliphatic rings. The molecule has 1 aliphatic heterocycles. The molecule has 1 aromatic carbocycles. The van der Waals surface area contributed by atoms with Gasteiger partial charge in [0.05, 0.1) is 17.2 Å². The van der Waals surface area contributed by atoms with E-state index in [0.717, 1.165) is 31.1 Å². The molecular formula is C19H22N4O4S. The molecule has 148 valence electrons. The number of amides is 1. The van der Waals surface area contributed by atoms with Gasteiger partial charge < -0.3 is 5.32 Å². The lowest BCUT2D eigenvalue weighted by molar-refractivity contribution is -0.126. The number of carbonyl (C=O) groups excluding carboxylic acids is 1. The lowest BCUT2D eigenvalue weighted by atomic mass is 9.81. The molecule has 0 radical (unpaired) electrons. The van der Waals surface area contributed by atoms with Crippen molar-refractivity contribution in [2.45, 2.75) is 38.3 Å². The average molecular weight is 402 g/mol. The molecule has 28 heavy (non-hydrogen) atoms. The van der Waals surface area contributed by atoms with Gasteiger partial charge in [-0.1, -0.05) is 17.3 Å². The Morgan fingerprint density at radius 1 is 1.18 bits per heavy atom. The maximum atomic E-state index is 12.6. The Balaban J connectivity index is 1.33. The number of carbonyl (C=O) groups is 1. The van der Waals surface area contributed by atoms with Crippen molar-refractivity contribution in [2.24, 2.45) is 11.8 Å². The van der Waals surface area contributed by atoms with Crippen molar-refractivity contribution in [3.63, 3.8) is 0 Å². The predicted molar refractivity (Wildman–Crippen MR) is 104 cm³/mol. The van der Waals surface area contributed by atoms with Crippen molar-refractivity contribution in [1.29, 1.82) is 0 Å². The maximum absolute atomic E-state index is 12.6. The van der Waals surface area contributed by atoms with Gasteiger partial charge in [-0.3, -0.25) is 9.59 Å². The molecule has 8 nitrogen and oxygen atoms in total. The van der Waals surface area contributed by atoms with E-state index in [-0.39, 0.29) is 29.1 Å². The van der Waals surface area contributed by atoms with E-state index in [0.29, 0.717) is 17.4 Å². The largest absolute Gasteiger partial charge is 0.349 e. The second-order valence-corrected chi connectivity index (χ2v) is 9.52. The SMILES string of the molecule is O=C(N[C@H]1C=CS(=O)(=O)C1)C1CCC(Cn2nnc3ccccc3c2=O)CC1. The van der Waals surface area contributed by atoms with Crippen molar-refractivity contribution in [1.82, 2.24) is 20.3 Å². The van der Waals surface area contributed by atoms with Crippen molar-refractivity contribution < 1.29 is 13.2 Å². The fraction of sp³-hybridized carbons (Fsp3) is 0.474. The Kier molecular flexibility index (Phi) is 5.01. The summed E-state index contributed by atoms with van der Waals surface area (Å²) in [5.74, 6) is 0.00154. The maximum Gasteiger partial charge on any atom is 0.277 e. The Labute approximate surface area is 162 Å². The zero-order valence-corrected chi connectivity index (χ0v) is 16.1. The van der Waals surface area contributed by atoms with Gasteiger partial charge in [0.2, 0.25) is 5.91 Å². The quantitative estimate of drug-likeness (QED) is 0.818. The monoisotopic (exact) mass is 402 g/mol. The van der Waals surface area contributed by atoms with Crippen LogP contribution in [0.2, 0.25) is 0 Å². The molecule has 0 unspecified atom stereocenters. The summed E-state index contributed by atoms with van der Waals surface area (Å²) in [6.07, 6.45) is 4.60. The third kappa shape index (κ3) is 3.99. The van der Waals surface area contributed by atoms with Crippen LogP contribution in [0.5, 0.6) is 0 Å². The first-order chi connectivity index (χ1) is 13.4. The molecule has 1 aromatic heterocycles. The zero-order valence-electron chi connectivity index (χ0n) is 15.3. The van der Waals surface area contributed by atoms with Gasteiger partial charge in [0, 0.05) is 17.9 Å². The van der Waals surface area contributed by atoms with E-state index in [9.17, 15) is 18.0 Å². The minimum Gasteiger partial charge on any atom is -0.349 e. The number of aromatic nitrogens is 3. The molecule has 2 heterocycles. The van der Waals surface area contributed by atoms with Gasteiger partial charge in [-0.15, -0.1) is 5.10 Å². The highest BCUT2D eigenvalue weighted by atomic mass is 32.2. The van der Waals surface area contributed by atoms with E-state index in [2.05, 4.69) is 15.6 Å². The third-order valence-electron chi connectivity index (χ3n) is 5.54. The summed E-state index contributed by atoms with van der Waals surface area (Å²) in [4.78, 5) is 25.0. The highest BCUT2D eigenvalue weighted by molar-refractivity contribution is 7.94. The molecule has 1 aliphatic carbocycles. The number of nitrogens with zero attached hydrogens (tertiary/aromatic N) is 3. The van der Waals surface area contributed by atoms with Gasteiger partial charge in [0.1, 0.15) is 5.52 Å². The first kappa shape index (κ1) is 18.8. The van der Waals surface area contributed by atoms with E-state index in [1.54, 1.807) is 12.1 Å². The standard InChI is InChI=1S/C19H22N4O4S/c24-18(20-15-9-10-28(26,27)12-15)14-7-5-13(6-8-14)11-23-19(25)16-3-1-2-4-17(16)21-22-23/h1-4,9-10,13-15H,5-8,11-12H2,(H,20,24)/t13?,14?,15-/m0/s1. The van der Waals surface area contributed by atoms with Gasteiger partial charge in [-0.05, 0) is 49.8 Å².